The van der Waals surface area contributed by atoms with Crippen molar-refractivity contribution in [2.24, 2.45) is 0 Å². The van der Waals surface area contributed by atoms with Crippen LogP contribution in [-0.2, 0) is 16.0 Å². The molecular weight excluding hydrogens is 589 g/mol. The van der Waals surface area contributed by atoms with E-state index in [2.05, 4.69) is 45.1 Å². The summed E-state index contributed by atoms with van der Waals surface area (Å²) in [6.45, 7) is 4.96. The van der Waals surface area contributed by atoms with Gasteiger partial charge < -0.3 is 20.0 Å². The van der Waals surface area contributed by atoms with E-state index in [1.165, 1.54) is 11.9 Å². The summed E-state index contributed by atoms with van der Waals surface area (Å²) >= 11 is 0.700. The van der Waals surface area contributed by atoms with Crippen LogP contribution in [0.5, 0.6) is 0 Å². The normalized spacial score (nSPS) is 21.3. The molecule has 1 amide bonds. The molecule has 3 aliphatic rings. The molecule has 1 saturated heterocycles. The maximum absolute atomic E-state index is 14.1. The SMILES string of the molecule is CC1CN(c2ccc(Nc3ncc(C(F)(F)F)c(-c4cc5c(s4)C(=O)N(C)CCS5(=O)=O)n3)c(C3CC3)c2)CCN1C. The zero-order valence-corrected chi connectivity index (χ0v) is 25.0. The van der Waals surface area contributed by atoms with Gasteiger partial charge in [0.2, 0.25) is 5.95 Å². The smallest absolute Gasteiger partial charge is 0.369 e. The molecule has 3 aromatic rings. The highest BCUT2D eigenvalue weighted by molar-refractivity contribution is 7.91. The van der Waals surface area contributed by atoms with Crippen molar-refractivity contribution in [1.29, 1.82) is 0 Å². The second kappa shape index (κ2) is 10.5. The van der Waals surface area contributed by atoms with Gasteiger partial charge in [0.05, 0.1) is 21.2 Å². The van der Waals surface area contributed by atoms with Crippen LogP contribution in [0.4, 0.5) is 30.5 Å². The summed E-state index contributed by atoms with van der Waals surface area (Å²) in [5, 5.41) is 3.13. The number of halogens is 3. The number of aromatic nitrogens is 2. The van der Waals surface area contributed by atoms with Crippen LogP contribution in [0.2, 0.25) is 0 Å². The van der Waals surface area contributed by atoms with E-state index in [0.29, 0.717) is 29.5 Å². The van der Waals surface area contributed by atoms with Gasteiger partial charge in [0, 0.05) is 56.8 Å². The molecule has 1 aromatic carbocycles. The summed E-state index contributed by atoms with van der Waals surface area (Å²) in [4.78, 5) is 26.6. The van der Waals surface area contributed by atoms with Gasteiger partial charge in [-0.05, 0) is 62.6 Å². The third-order valence-electron chi connectivity index (χ3n) is 8.22. The van der Waals surface area contributed by atoms with Gasteiger partial charge in [0.25, 0.3) is 5.91 Å². The Morgan fingerprint density at radius 2 is 1.86 bits per heavy atom. The summed E-state index contributed by atoms with van der Waals surface area (Å²) in [7, 11) is -0.284. The Labute approximate surface area is 246 Å². The first-order valence-electron chi connectivity index (χ1n) is 13.7. The van der Waals surface area contributed by atoms with Crippen molar-refractivity contribution in [1.82, 2.24) is 19.8 Å². The van der Waals surface area contributed by atoms with E-state index < -0.39 is 33.2 Å². The number of piperazine rings is 1. The molecule has 1 saturated carbocycles. The minimum Gasteiger partial charge on any atom is -0.369 e. The average Bonchev–Trinajstić information content (AvgIpc) is 3.69. The molecule has 1 N–H and O–H groups in total. The molecule has 4 heterocycles. The second-order valence-electron chi connectivity index (χ2n) is 11.2. The zero-order valence-electron chi connectivity index (χ0n) is 23.4. The molecule has 9 nitrogen and oxygen atoms in total. The van der Waals surface area contributed by atoms with Gasteiger partial charge in [0.1, 0.15) is 10.4 Å². The first-order valence-corrected chi connectivity index (χ1v) is 16.2. The number of sulfone groups is 1. The Morgan fingerprint density at radius 3 is 2.55 bits per heavy atom. The number of anilines is 3. The van der Waals surface area contributed by atoms with Crippen LogP contribution < -0.4 is 10.2 Å². The molecule has 42 heavy (non-hydrogen) atoms. The molecule has 1 unspecified atom stereocenters. The highest BCUT2D eigenvalue weighted by Crippen LogP contribution is 2.46. The Kier molecular flexibility index (Phi) is 7.21. The van der Waals surface area contributed by atoms with Crippen molar-refractivity contribution in [2.45, 2.75) is 42.8 Å². The predicted octanol–water partition coefficient (Wildman–Crippen LogP) is 4.84. The van der Waals surface area contributed by atoms with Gasteiger partial charge in [-0.3, -0.25) is 4.79 Å². The first-order chi connectivity index (χ1) is 19.8. The summed E-state index contributed by atoms with van der Waals surface area (Å²) in [6.07, 6.45) is -2.05. The van der Waals surface area contributed by atoms with Crippen LogP contribution in [0.15, 0.2) is 35.4 Å². The molecule has 6 rings (SSSR count). The maximum Gasteiger partial charge on any atom is 0.420 e. The molecule has 2 aromatic heterocycles. The van der Waals surface area contributed by atoms with Crippen molar-refractivity contribution in [3.8, 4) is 10.6 Å². The zero-order chi connectivity index (χ0) is 30.0. The number of alkyl halides is 3. The van der Waals surface area contributed by atoms with E-state index in [-0.39, 0.29) is 32.9 Å². The Balaban J connectivity index is 1.37. The molecule has 224 valence electrons. The number of benzene rings is 1. The number of likely N-dealkylation sites (N-methyl/N-ethyl adjacent to an activating group) is 1. The van der Waals surface area contributed by atoms with Crippen molar-refractivity contribution >= 4 is 44.4 Å². The van der Waals surface area contributed by atoms with Gasteiger partial charge >= 0.3 is 6.18 Å². The number of hydrogen-bond acceptors (Lipinski definition) is 9. The van der Waals surface area contributed by atoms with Crippen LogP contribution in [0, 0.1) is 0 Å². The number of nitrogens with one attached hydrogen (secondary N) is 1. The molecule has 0 spiro atoms. The standard InChI is InChI=1S/C28H31F3N6O3S2/c1-16-15-37(9-8-35(16)2)18-6-7-21(19(12-18)17-4-5-17)33-27-32-14-20(28(29,30)31)24(34-27)22-13-23-25(41-22)26(38)36(3)10-11-42(23,39)40/h6-7,12-14,16-17H,4-5,8-11,15H2,1-3H3,(H,32,33,34). The molecule has 1 atom stereocenters. The second-order valence-corrected chi connectivity index (χ2v) is 14.4. The first kappa shape index (κ1) is 28.9. The lowest BCUT2D eigenvalue weighted by molar-refractivity contribution is -0.137. The Bertz CT molecular complexity index is 1650. The molecule has 0 bridgehead atoms. The van der Waals surface area contributed by atoms with E-state index in [0.717, 1.165) is 55.5 Å². The number of carbonyl (C=O) groups excluding carboxylic acids is 1. The number of amides is 1. The summed E-state index contributed by atoms with van der Waals surface area (Å²) in [5.74, 6) is -0.566. The third kappa shape index (κ3) is 5.47. The van der Waals surface area contributed by atoms with Crippen molar-refractivity contribution in [3.63, 3.8) is 0 Å². The molecule has 2 fully saturated rings. The predicted molar refractivity (Wildman–Crippen MR) is 155 cm³/mol. The summed E-state index contributed by atoms with van der Waals surface area (Å²) in [6, 6.07) is 7.61. The number of thiophene rings is 1. The lowest BCUT2D eigenvalue weighted by Crippen LogP contribution is -2.50. The lowest BCUT2D eigenvalue weighted by Gasteiger charge is -2.39. The third-order valence-corrected chi connectivity index (χ3v) is 11.2. The van der Waals surface area contributed by atoms with Crippen LogP contribution in [0.1, 0.15) is 46.5 Å². The Hall–Kier alpha value is -3.23. The van der Waals surface area contributed by atoms with Crippen LogP contribution >= 0.6 is 11.3 Å². The van der Waals surface area contributed by atoms with Gasteiger partial charge in [-0.15, -0.1) is 11.3 Å². The molecule has 2 aliphatic heterocycles. The largest absolute Gasteiger partial charge is 0.420 e. The topological polar surface area (TPSA) is 98.7 Å². The Morgan fingerprint density at radius 1 is 1.10 bits per heavy atom. The van der Waals surface area contributed by atoms with Crippen molar-refractivity contribution < 1.29 is 26.4 Å². The van der Waals surface area contributed by atoms with Gasteiger partial charge in [0.15, 0.2) is 9.84 Å². The number of carbonyl (C=O) groups is 1. The fourth-order valence-corrected chi connectivity index (χ4v) is 8.38. The van der Waals surface area contributed by atoms with E-state index >= 15 is 0 Å². The quantitative estimate of drug-likeness (QED) is 0.433. The molecule has 14 heteroatoms. The molecule has 1 aliphatic carbocycles. The van der Waals surface area contributed by atoms with Crippen LogP contribution in [0.25, 0.3) is 10.6 Å². The summed E-state index contributed by atoms with van der Waals surface area (Å²) in [5.41, 5.74) is 1.30. The van der Waals surface area contributed by atoms with E-state index in [4.69, 9.17) is 0 Å². The van der Waals surface area contributed by atoms with Crippen molar-refractivity contribution in [2.75, 3.05) is 56.2 Å². The highest BCUT2D eigenvalue weighted by Gasteiger charge is 2.38. The van der Waals surface area contributed by atoms with Gasteiger partial charge in [-0.2, -0.15) is 13.2 Å². The maximum atomic E-state index is 14.1. The minimum absolute atomic E-state index is 0.00320. The average molecular weight is 621 g/mol. The lowest BCUT2D eigenvalue weighted by atomic mass is 10.1. The fourth-order valence-electron chi connectivity index (χ4n) is 5.35. The number of fused-ring (bicyclic) bond motifs is 1. The van der Waals surface area contributed by atoms with Crippen LogP contribution in [-0.4, -0.2) is 86.2 Å². The number of nitrogens with zero attached hydrogens (tertiary/aromatic N) is 5. The van der Waals surface area contributed by atoms with E-state index in [1.807, 2.05) is 12.1 Å². The number of hydrogen-bond donors (Lipinski definition) is 1. The summed E-state index contributed by atoms with van der Waals surface area (Å²) < 4.78 is 68.0. The van der Waals surface area contributed by atoms with Crippen molar-refractivity contribution in [3.05, 3.63) is 46.5 Å². The van der Waals surface area contributed by atoms with Crippen LogP contribution in [0.3, 0.4) is 0 Å². The highest BCUT2D eigenvalue weighted by atomic mass is 32.2. The number of rotatable bonds is 5. The fraction of sp³-hybridized carbons (Fsp3) is 0.464. The van der Waals surface area contributed by atoms with E-state index in [9.17, 15) is 26.4 Å². The molecule has 0 radical (unpaired) electrons. The van der Waals surface area contributed by atoms with Gasteiger partial charge in [-0.25, -0.2) is 18.4 Å². The van der Waals surface area contributed by atoms with Gasteiger partial charge in [-0.1, -0.05) is 0 Å². The molecular formula is C28H31F3N6O3S2. The van der Waals surface area contributed by atoms with E-state index in [1.54, 1.807) is 0 Å². The minimum atomic E-state index is -4.80. The monoisotopic (exact) mass is 620 g/mol.